The summed E-state index contributed by atoms with van der Waals surface area (Å²) in [5, 5.41) is 4.38. The molecule has 3 rings (SSSR count). The van der Waals surface area contributed by atoms with E-state index >= 15 is 0 Å². The molecule has 0 aliphatic carbocycles. The number of hydrogen-bond donors (Lipinski definition) is 1. The van der Waals surface area contributed by atoms with Crippen LogP contribution in [0.15, 0.2) is 79.5 Å². The van der Waals surface area contributed by atoms with Gasteiger partial charge in [-0.25, -0.2) is 0 Å². The molecule has 2 aromatic carbocycles. The number of aromatic nitrogens is 1. The summed E-state index contributed by atoms with van der Waals surface area (Å²) in [6, 6.07) is 16.7. The van der Waals surface area contributed by atoms with E-state index in [0.717, 1.165) is 30.5 Å². The molecule has 2 nitrogen and oxygen atoms in total. The average Bonchev–Trinajstić information content (AvgIpc) is 2.81. The van der Waals surface area contributed by atoms with Gasteiger partial charge in [0.2, 0.25) is 0 Å². The minimum Gasteiger partial charge on any atom is -0.387 e. The van der Waals surface area contributed by atoms with Gasteiger partial charge in [0.25, 0.3) is 0 Å². The Kier molecular flexibility index (Phi) is 15.3. The molecule has 0 unspecified atom stereocenters. The Morgan fingerprint density at radius 1 is 1.03 bits per heavy atom. The standard InChI is InChI=1S/C12H14N2.C8H10.C7H12.C2H6/c1-8-5-4-6-10-9(2)11(13-3)7-14-12(8)10;1-2-8-6-4-3-5-7-8;1-4-5-6-7(2)3;1-2/h4-7,13H,1-3H3;3-7H,2H2,1H3;4H,1-2,5-6H2,3H3;1-2H3. The maximum atomic E-state index is 4.45. The van der Waals surface area contributed by atoms with Gasteiger partial charge in [-0.15, -0.1) is 13.2 Å². The van der Waals surface area contributed by atoms with Crippen LogP contribution in [0, 0.1) is 13.8 Å². The maximum Gasteiger partial charge on any atom is 0.0735 e. The lowest BCUT2D eigenvalue weighted by atomic mass is 10.1. The second-order valence-corrected chi connectivity index (χ2v) is 7.14. The number of benzene rings is 2. The summed E-state index contributed by atoms with van der Waals surface area (Å²) in [6.07, 6.45) is 7.10. The van der Waals surface area contributed by atoms with Gasteiger partial charge in [-0.2, -0.15) is 0 Å². The molecule has 0 saturated heterocycles. The van der Waals surface area contributed by atoms with Gasteiger partial charge in [-0.1, -0.05) is 81.0 Å². The third-order valence-electron chi connectivity index (χ3n) is 4.66. The predicted molar refractivity (Wildman–Crippen MR) is 142 cm³/mol. The fourth-order valence-electron chi connectivity index (χ4n) is 2.82. The molecule has 0 aliphatic rings. The molecule has 0 radical (unpaired) electrons. The number of nitrogens with zero attached hydrogens (tertiary/aromatic N) is 1. The van der Waals surface area contributed by atoms with Gasteiger partial charge < -0.3 is 5.32 Å². The molecule has 0 saturated carbocycles. The Hall–Kier alpha value is -2.87. The molecule has 0 bridgehead atoms. The van der Waals surface area contributed by atoms with Crippen LogP contribution in [0.5, 0.6) is 0 Å². The number of rotatable bonds is 5. The largest absolute Gasteiger partial charge is 0.387 e. The number of hydrogen-bond acceptors (Lipinski definition) is 2. The van der Waals surface area contributed by atoms with E-state index in [2.05, 4.69) is 86.7 Å². The van der Waals surface area contributed by atoms with E-state index in [0.29, 0.717) is 0 Å². The van der Waals surface area contributed by atoms with Crippen LogP contribution in [0.2, 0.25) is 0 Å². The molecule has 1 heterocycles. The van der Waals surface area contributed by atoms with Crippen LogP contribution in [-0.4, -0.2) is 12.0 Å². The molecule has 0 fully saturated rings. The molecule has 1 aromatic heterocycles. The Bertz CT molecular complexity index is 895. The summed E-state index contributed by atoms with van der Waals surface area (Å²) in [4.78, 5) is 4.45. The number of aryl methyl sites for hydroxylation is 3. The molecule has 31 heavy (non-hydrogen) atoms. The number of para-hydroxylation sites is 1. The summed E-state index contributed by atoms with van der Waals surface area (Å²) in [7, 11) is 1.92. The van der Waals surface area contributed by atoms with Crippen molar-refractivity contribution < 1.29 is 0 Å². The van der Waals surface area contributed by atoms with Crippen molar-refractivity contribution in [2.75, 3.05) is 12.4 Å². The molecule has 1 N–H and O–H groups in total. The van der Waals surface area contributed by atoms with Crippen molar-refractivity contribution in [3.05, 3.63) is 96.2 Å². The number of anilines is 1. The van der Waals surface area contributed by atoms with Gasteiger partial charge in [-0.3, -0.25) is 4.98 Å². The van der Waals surface area contributed by atoms with E-state index in [4.69, 9.17) is 0 Å². The van der Waals surface area contributed by atoms with Crippen molar-refractivity contribution in [3.63, 3.8) is 0 Å². The highest BCUT2D eigenvalue weighted by Gasteiger charge is 2.04. The van der Waals surface area contributed by atoms with E-state index in [1.54, 1.807) is 0 Å². The minimum atomic E-state index is 1.06. The Morgan fingerprint density at radius 2 is 1.68 bits per heavy atom. The SMILES string of the molecule is C=CCCC(=C)C.CC.CCc1ccccc1.CNc1cnc2c(C)cccc2c1C. The van der Waals surface area contributed by atoms with Crippen molar-refractivity contribution in [3.8, 4) is 0 Å². The van der Waals surface area contributed by atoms with Crippen molar-refractivity contribution in [1.29, 1.82) is 0 Å². The number of nitrogens with one attached hydrogen (secondary N) is 1. The van der Waals surface area contributed by atoms with Crippen molar-refractivity contribution in [1.82, 2.24) is 4.98 Å². The first-order chi connectivity index (χ1) is 14.9. The first kappa shape index (κ1) is 28.1. The summed E-state index contributed by atoms with van der Waals surface area (Å²) in [5.74, 6) is 0. The maximum absolute atomic E-state index is 4.45. The zero-order valence-corrected chi connectivity index (χ0v) is 20.8. The molecule has 0 spiro atoms. The van der Waals surface area contributed by atoms with E-state index in [1.165, 1.54) is 27.6 Å². The van der Waals surface area contributed by atoms with Gasteiger partial charge in [-0.05, 0) is 56.7 Å². The Morgan fingerprint density at radius 3 is 2.13 bits per heavy atom. The average molecular weight is 419 g/mol. The van der Waals surface area contributed by atoms with Crippen LogP contribution in [0.1, 0.15) is 57.2 Å². The zero-order valence-electron chi connectivity index (χ0n) is 20.8. The molecule has 0 amide bonds. The van der Waals surface area contributed by atoms with Gasteiger partial charge in [0.1, 0.15) is 0 Å². The highest BCUT2D eigenvalue weighted by atomic mass is 14.8. The van der Waals surface area contributed by atoms with E-state index in [-0.39, 0.29) is 0 Å². The summed E-state index contributed by atoms with van der Waals surface area (Å²) in [6.45, 7) is 19.7. The quantitative estimate of drug-likeness (QED) is 0.419. The van der Waals surface area contributed by atoms with E-state index in [9.17, 15) is 0 Å². The molecule has 168 valence electrons. The predicted octanol–water partition coefficient (Wildman–Crippen LogP) is 8.70. The first-order valence-electron chi connectivity index (χ1n) is 11.3. The molecular weight excluding hydrogens is 376 g/mol. The lowest BCUT2D eigenvalue weighted by Crippen LogP contribution is -1.95. The van der Waals surface area contributed by atoms with Crippen LogP contribution >= 0.6 is 0 Å². The zero-order chi connectivity index (χ0) is 23.6. The van der Waals surface area contributed by atoms with Gasteiger partial charge in [0.05, 0.1) is 17.4 Å². The lowest BCUT2D eigenvalue weighted by Gasteiger charge is -2.09. The van der Waals surface area contributed by atoms with Crippen LogP contribution in [0.4, 0.5) is 5.69 Å². The smallest absolute Gasteiger partial charge is 0.0735 e. The van der Waals surface area contributed by atoms with E-state index in [1.807, 2.05) is 46.2 Å². The Balaban J connectivity index is 0.000000454. The molecule has 3 aromatic rings. The van der Waals surface area contributed by atoms with Gasteiger partial charge >= 0.3 is 0 Å². The normalized spacial score (nSPS) is 9.13. The highest BCUT2D eigenvalue weighted by Crippen LogP contribution is 2.24. The topological polar surface area (TPSA) is 24.9 Å². The third kappa shape index (κ3) is 10.6. The van der Waals surface area contributed by atoms with Crippen molar-refractivity contribution >= 4 is 16.6 Å². The summed E-state index contributed by atoms with van der Waals surface area (Å²) < 4.78 is 0. The molecule has 0 atom stereocenters. The number of allylic oxidation sites excluding steroid dienone is 2. The Labute approximate surface area is 191 Å². The van der Waals surface area contributed by atoms with Crippen LogP contribution in [-0.2, 0) is 6.42 Å². The molecular formula is C29H42N2. The third-order valence-corrected chi connectivity index (χ3v) is 4.66. The second-order valence-electron chi connectivity index (χ2n) is 7.14. The molecule has 0 aliphatic heterocycles. The van der Waals surface area contributed by atoms with Crippen molar-refractivity contribution in [2.45, 2.75) is 60.8 Å². The summed E-state index contributed by atoms with van der Waals surface area (Å²) >= 11 is 0. The van der Waals surface area contributed by atoms with Crippen LogP contribution in [0.25, 0.3) is 10.9 Å². The van der Waals surface area contributed by atoms with Crippen LogP contribution in [0.3, 0.4) is 0 Å². The van der Waals surface area contributed by atoms with Crippen molar-refractivity contribution in [2.24, 2.45) is 0 Å². The summed E-state index contributed by atoms with van der Waals surface area (Å²) in [5.41, 5.74) is 7.34. The highest BCUT2D eigenvalue weighted by molar-refractivity contribution is 5.88. The van der Waals surface area contributed by atoms with Crippen LogP contribution < -0.4 is 5.32 Å². The number of fused-ring (bicyclic) bond motifs is 1. The van der Waals surface area contributed by atoms with E-state index < -0.39 is 0 Å². The monoisotopic (exact) mass is 418 g/mol. The minimum absolute atomic E-state index is 1.06. The fraction of sp³-hybridized carbons (Fsp3) is 0.345. The lowest BCUT2D eigenvalue weighted by molar-refractivity contribution is 0.986. The fourth-order valence-corrected chi connectivity index (χ4v) is 2.82. The van der Waals surface area contributed by atoms with Gasteiger partial charge in [0, 0.05) is 12.4 Å². The first-order valence-corrected chi connectivity index (χ1v) is 11.3. The second kappa shape index (κ2) is 16.9. The number of pyridine rings is 1. The molecule has 2 heteroatoms. The van der Waals surface area contributed by atoms with Gasteiger partial charge in [0.15, 0.2) is 0 Å².